The molecule has 0 spiro atoms. The third kappa shape index (κ3) is 3.57. The van der Waals surface area contributed by atoms with Crippen molar-refractivity contribution in [2.45, 2.75) is 52.7 Å². The van der Waals surface area contributed by atoms with Gasteiger partial charge in [-0.15, -0.1) is 21.5 Å². The fourth-order valence-electron chi connectivity index (χ4n) is 2.57. The largest absolute Gasteiger partial charge is 0.419 e. The summed E-state index contributed by atoms with van der Waals surface area (Å²) < 4.78 is 7.75. The average Bonchev–Trinajstić information content (AvgIpc) is 3.31. The molecule has 0 amide bonds. The minimum atomic E-state index is 0.232. The van der Waals surface area contributed by atoms with Gasteiger partial charge in [0.25, 0.3) is 5.89 Å². The summed E-state index contributed by atoms with van der Waals surface area (Å²) in [5.41, 5.74) is 1.29. The maximum atomic E-state index is 5.81. The average molecular weight is 345 g/mol. The molecule has 0 unspecified atom stereocenters. The lowest BCUT2D eigenvalue weighted by molar-refractivity contribution is 0.349. The van der Waals surface area contributed by atoms with E-state index in [2.05, 4.69) is 54.4 Å². The van der Waals surface area contributed by atoms with Crippen molar-refractivity contribution in [1.82, 2.24) is 25.3 Å². The standard InChI is InChI=1S/C17H23N5OS/c1-5-14-11(2)9-15(24-14)17-21-20-16(23-17)10-18-12(3)13(4)22-8-6-7-19-22/h6-9,12-13,18H,5,10H2,1-4H3/t12-,13-/m0/s1. The molecule has 24 heavy (non-hydrogen) atoms. The van der Waals surface area contributed by atoms with Gasteiger partial charge in [0.2, 0.25) is 5.89 Å². The van der Waals surface area contributed by atoms with Gasteiger partial charge >= 0.3 is 0 Å². The summed E-state index contributed by atoms with van der Waals surface area (Å²) in [6.45, 7) is 9.08. The number of aromatic nitrogens is 4. The summed E-state index contributed by atoms with van der Waals surface area (Å²) in [6, 6.07) is 4.53. The first kappa shape index (κ1) is 16.9. The lowest BCUT2D eigenvalue weighted by Crippen LogP contribution is -2.33. The number of nitrogens with one attached hydrogen (secondary N) is 1. The fourth-order valence-corrected chi connectivity index (χ4v) is 3.61. The lowest BCUT2D eigenvalue weighted by atomic mass is 10.2. The molecule has 0 bridgehead atoms. The number of thiophene rings is 1. The molecule has 0 saturated carbocycles. The summed E-state index contributed by atoms with van der Waals surface area (Å²) in [5, 5.41) is 16.0. The molecule has 0 fully saturated rings. The Bertz CT molecular complexity index is 777. The Kier molecular flexibility index (Phi) is 5.11. The highest BCUT2D eigenvalue weighted by Gasteiger charge is 2.16. The number of nitrogens with zero attached hydrogens (tertiary/aromatic N) is 4. The maximum Gasteiger partial charge on any atom is 0.257 e. The van der Waals surface area contributed by atoms with E-state index >= 15 is 0 Å². The summed E-state index contributed by atoms with van der Waals surface area (Å²) in [6.07, 6.45) is 4.79. The highest BCUT2D eigenvalue weighted by Crippen LogP contribution is 2.30. The second-order valence-electron chi connectivity index (χ2n) is 5.97. The Hall–Kier alpha value is -1.99. The molecule has 0 aliphatic rings. The first-order valence-electron chi connectivity index (χ1n) is 8.23. The molecule has 6 nitrogen and oxygen atoms in total. The summed E-state index contributed by atoms with van der Waals surface area (Å²) in [7, 11) is 0. The molecule has 3 aromatic heterocycles. The Labute approximate surface area is 145 Å². The van der Waals surface area contributed by atoms with Crippen molar-refractivity contribution in [2.75, 3.05) is 0 Å². The highest BCUT2D eigenvalue weighted by molar-refractivity contribution is 7.15. The SMILES string of the molecule is CCc1sc(-c2nnc(CN[C@@H](C)[C@H](C)n3cccn3)o2)cc1C. The summed E-state index contributed by atoms with van der Waals surface area (Å²) >= 11 is 1.73. The molecule has 3 aromatic rings. The van der Waals surface area contributed by atoms with Crippen LogP contribution in [0, 0.1) is 6.92 Å². The van der Waals surface area contributed by atoms with Crippen molar-refractivity contribution in [1.29, 1.82) is 0 Å². The van der Waals surface area contributed by atoms with Crippen molar-refractivity contribution in [3.63, 3.8) is 0 Å². The normalized spacial score (nSPS) is 14.0. The third-order valence-corrected chi connectivity index (χ3v) is 5.63. The highest BCUT2D eigenvalue weighted by atomic mass is 32.1. The molecule has 3 rings (SSSR count). The van der Waals surface area contributed by atoms with E-state index in [-0.39, 0.29) is 12.1 Å². The first-order chi connectivity index (χ1) is 11.6. The van der Waals surface area contributed by atoms with Gasteiger partial charge in [-0.05, 0) is 44.9 Å². The molecule has 0 aromatic carbocycles. The molecule has 0 saturated heterocycles. The van der Waals surface area contributed by atoms with E-state index in [0.717, 1.165) is 11.3 Å². The number of hydrogen-bond acceptors (Lipinski definition) is 6. The van der Waals surface area contributed by atoms with Crippen LogP contribution in [0.2, 0.25) is 0 Å². The van der Waals surface area contributed by atoms with E-state index in [9.17, 15) is 0 Å². The summed E-state index contributed by atoms with van der Waals surface area (Å²) in [4.78, 5) is 2.41. The lowest BCUT2D eigenvalue weighted by Gasteiger charge is -2.20. The molecule has 0 aliphatic carbocycles. The molecule has 128 valence electrons. The zero-order valence-corrected chi connectivity index (χ0v) is 15.3. The van der Waals surface area contributed by atoms with Crippen LogP contribution in [-0.2, 0) is 13.0 Å². The van der Waals surface area contributed by atoms with Gasteiger partial charge in [0.05, 0.1) is 17.5 Å². The fraction of sp³-hybridized carbons (Fsp3) is 0.471. The molecular weight excluding hydrogens is 322 g/mol. The van der Waals surface area contributed by atoms with Gasteiger partial charge in [-0.1, -0.05) is 6.92 Å². The zero-order valence-electron chi connectivity index (χ0n) is 14.5. The Morgan fingerprint density at radius 1 is 1.33 bits per heavy atom. The molecular formula is C17H23N5OS. The Balaban J connectivity index is 1.61. The van der Waals surface area contributed by atoms with Crippen LogP contribution in [0.5, 0.6) is 0 Å². The van der Waals surface area contributed by atoms with Gasteiger partial charge in [0, 0.05) is 23.3 Å². The molecule has 1 N–H and O–H groups in total. The van der Waals surface area contributed by atoms with Crippen molar-refractivity contribution in [3.05, 3.63) is 40.9 Å². The Morgan fingerprint density at radius 2 is 2.17 bits per heavy atom. The quantitative estimate of drug-likeness (QED) is 0.708. The molecule has 3 heterocycles. The van der Waals surface area contributed by atoms with Crippen LogP contribution >= 0.6 is 11.3 Å². The second-order valence-corrected chi connectivity index (χ2v) is 7.10. The number of aryl methyl sites for hydroxylation is 2. The van der Waals surface area contributed by atoms with Crippen LogP contribution in [0.25, 0.3) is 10.8 Å². The van der Waals surface area contributed by atoms with E-state index in [1.54, 1.807) is 17.5 Å². The number of rotatable bonds is 7. The van der Waals surface area contributed by atoms with E-state index in [0.29, 0.717) is 18.3 Å². The van der Waals surface area contributed by atoms with Crippen LogP contribution < -0.4 is 5.32 Å². The molecule has 0 radical (unpaired) electrons. The monoisotopic (exact) mass is 345 g/mol. The van der Waals surface area contributed by atoms with Crippen molar-refractivity contribution < 1.29 is 4.42 Å². The number of hydrogen-bond donors (Lipinski definition) is 1. The molecule has 2 atom stereocenters. The van der Waals surface area contributed by atoms with E-state index < -0.39 is 0 Å². The summed E-state index contributed by atoms with van der Waals surface area (Å²) in [5.74, 6) is 1.21. The Morgan fingerprint density at radius 3 is 2.83 bits per heavy atom. The smallest absolute Gasteiger partial charge is 0.257 e. The zero-order chi connectivity index (χ0) is 17.1. The van der Waals surface area contributed by atoms with Gasteiger partial charge in [-0.2, -0.15) is 5.10 Å². The van der Waals surface area contributed by atoms with Gasteiger partial charge in [0.1, 0.15) is 0 Å². The van der Waals surface area contributed by atoms with Gasteiger partial charge < -0.3 is 9.73 Å². The van der Waals surface area contributed by atoms with Crippen molar-refractivity contribution in [3.8, 4) is 10.8 Å². The van der Waals surface area contributed by atoms with Gasteiger partial charge in [0.15, 0.2) is 0 Å². The van der Waals surface area contributed by atoms with E-state index in [1.807, 2.05) is 16.9 Å². The minimum absolute atomic E-state index is 0.232. The minimum Gasteiger partial charge on any atom is -0.419 e. The topological polar surface area (TPSA) is 68.8 Å². The molecule has 7 heteroatoms. The maximum absolute atomic E-state index is 5.81. The van der Waals surface area contributed by atoms with Gasteiger partial charge in [-0.3, -0.25) is 4.68 Å². The van der Waals surface area contributed by atoms with Crippen LogP contribution in [0.1, 0.15) is 43.1 Å². The second kappa shape index (κ2) is 7.27. The predicted octanol–water partition coefficient (Wildman–Crippen LogP) is 3.60. The van der Waals surface area contributed by atoms with Crippen LogP contribution in [-0.4, -0.2) is 26.0 Å². The van der Waals surface area contributed by atoms with Crippen LogP contribution in [0.4, 0.5) is 0 Å². The van der Waals surface area contributed by atoms with Crippen LogP contribution in [0.15, 0.2) is 28.9 Å². The van der Waals surface area contributed by atoms with Gasteiger partial charge in [-0.25, -0.2) is 0 Å². The van der Waals surface area contributed by atoms with E-state index in [1.165, 1.54) is 10.4 Å². The third-order valence-electron chi connectivity index (χ3n) is 4.26. The first-order valence-corrected chi connectivity index (χ1v) is 9.04. The predicted molar refractivity (Wildman–Crippen MR) is 95.0 cm³/mol. The molecule has 0 aliphatic heterocycles. The van der Waals surface area contributed by atoms with Crippen molar-refractivity contribution >= 4 is 11.3 Å². The van der Waals surface area contributed by atoms with E-state index in [4.69, 9.17) is 4.42 Å². The van der Waals surface area contributed by atoms with Crippen LogP contribution in [0.3, 0.4) is 0 Å². The van der Waals surface area contributed by atoms with Crippen molar-refractivity contribution in [2.24, 2.45) is 0 Å².